The number of carbonyl (C=O) groups excluding carboxylic acids is 2. The fraction of sp³-hybridized carbons (Fsp3) is 0.385. The van der Waals surface area contributed by atoms with Gasteiger partial charge in [-0.2, -0.15) is 0 Å². The first kappa shape index (κ1) is 12.9. The van der Waals surface area contributed by atoms with Crippen molar-refractivity contribution in [2.75, 3.05) is 0 Å². The van der Waals surface area contributed by atoms with Crippen LogP contribution in [0.1, 0.15) is 18.1 Å². The highest BCUT2D eigenvalue weighted by Gasteiger charge is 2.23. The van der Waals surface area contributed by atoms with Crippen LogP contribution in [0.5, 0.6) is 0 Å². The lowest BCUT2D eigenvalue weighted by Gasteiger charge is -2.12. The zero-order chi connectivity index (χ0) is 13.1. The number of hydrogen-bond donors (Lipinski definition) is 2. The van der Waals surface area contributed by atoms with Crippen molar-refractivity contribution < 1.29 is 9.59 Å². The molecule has 1 aromatic carbocycles. The smallest absolute Gasteiger partial charge is 0.321 e. The fourth-order valence-electron chi connectivity index (χ4n) is 2.09. The van der Waals surface area contributed by atoms with Gasteiger partial charge in [-0.1, -0.05) is 24.3 Å². The van der Waals surface area contributed by atoms with E-state index in [1.807, 2.05) is 12.1 Å². The van der Waals surface area contributed by atoms with Crippen LogP contribution >= 0.6 is 11.6 Å². The zero-order valence-corrected chi connectivity index (χ0v) is 10.8. The number of benzene rings is 1. The highest BCUT2D eigenvalue weighted by molar-refractivity contribution is 6.31. The monoisotopic (exact) mass is 266 g/mol. The standard InChI is InChI=1S/C13H15ClN2O2/c1-8(14)12(17)16-13(18)15-11-6-9-4-2-3-5-10(9)7-11/h2-5,8,11H,6-7H2,1H3,(H2,15,16,17,18). The molecule has 1 aliphatic carbocycles. The highest BCUT2D eigenvalue weighted by Crippen LogP contribution is 2.21. The van der Waals surface area contributed by atoms with E-state index < -0.39 is 17.3 Å². The lowest BCUT2D eigenvalue weighted by molar-refractivity contribution is -0.119. The second kappa shape index (κ2) is 5.40. The van der Waals surface area contributed by atoms with Crippen LogP contribution in [0.3, 0.4) is 0 Å². The molecule has 5 heteroatoms. The first-order chi connectivity index (χ1) is 8.56. The largest absolute Gasteiger partial charge is 0.334 e. The van der Waals surface area contributed by atoms with E-state index in [-0.39, 0.29) is 6.04 Å². The summed E-state index contributed by atoms with van der Waals surface area (Å²) in [7, 11) is 0. The van der Waals surface area contributed by atoms with E-state index in [1.54, 1.807) is 0 Å². The SMILES string of the molecule is CC(Cl)C(=O)NC(=O)NC1Cc2ccccc2C1. The number of halogens is 1. The normalized spacial score (nSPS) is 15.9. The van der Waals surface area contributed by atoms with Gasteiger partial charge < -0.3 is 5.32 Å². The Labute approximate surface area is 111 Å². The average Bonchev–Trinajstić information content (AvgIpc) is 2.70. The third-order valence-electron chi connectivity index (χ3n) is 2.98. The van der Waals surface area contributed by atoms with Gasteiger partial charge in [0.2, 0.25) is 5.91 Å². The van der Waals surface area contributed by atoms with Gasteiger partial charge >= 0.3 is 6.03 Å². The molecular weight excluding hydrogens is 252 g/mol. The minimum absolute atomic E-state index is 0.0424. The molecule has 0 fully saturated rings. The van der Waals surface area contributed by atoms with E-state index >= 15 is 0 Å². The Balaban J connectivity index is 1.86. The third-order valence-corrected chi connectivity index (χ3v) is 3.18. The molecule has 0 saturated heterocycles. The van der Waals surface area contributed by atoms with Crippen LogP contribution in [0.15, 0.2) is 24.3 Å². The average molecular weight is 267 g/mol. The molecule has 0 heterocycles. The molecule has 2 rings (SSSR count). The van der Waals surface area contributed by atoms with Crippen molar-refractivity contribution >= 4 is 23.5 Å². The summed E-state index contributed by atoms with van der Waals surface area (Å²) in [5.74, 6) is -0.482. The summed E-state index contributed by atoms with van der Waals surface area (Å²) in [5.41, 5.74) is 2.50. The van der Waals surface area contributed by atoms with E-state index in [0.717, 1.165) is 12.8 Å². The molecule has 0 aliphatic heterocycles. The summed E-state index contributed by atoms with van der Waals surface area (Å²) in [5, 5.41) is 4.28. The summed E-state index contributed by atoms with van der Waals surface area (Å²) in [6, 6.07) is 7.65. The van der Waals surface area contributed by atoms with Crippen LogP contribution in [0.4, 0.5) is 4.79 Å². The number of amides is 3. The van der Waals surface area contributed by atoms with E-state index in [2.05, 4.69) is 22.8 Å². The number of nitrogens with one attached hydrogen (secondary N) is 2. The number of urea groups is 1. The maximum Gasteiger partial charge on any atom is 0.321 e. The summed E-state index contributed by atoms with van der Waals surface area (Å²) >= 11 is 5.57. The van der Waals surface area contributed by atoms with Crippen molar-refractivity contribution in [1.29, 1.82) is 0 Å². The second-order valence-electron chi connectivity index (χ2n) is 4.45. The molecule has 96 valence electrons. The molecule has 0 saturated carbocycles. The van der Waals surface area contributed by atoms with Gasteiger partial charge in [0.15, 0.2) is 0 Å². The van der Waals surface area contributed by atoms with Gasteiger partial charge in [-0.05, 0) is 30.9 Å². The Bertz CT molecular complexity index is 449. The number of fused-ring (bicyclic) bond motifs is 1. The van der Waals surface area contributed by atoms with E-state index in [0.29, 0.717) is 0 Å². The molecule has 1 unspecified atom stereocenters. The minimum atomic E-state index is -0.712. The Morgan fingerprint density at radius 1 is 1.28 bits per heavy atom. The number of hydrogen-bond acceptors (Lipinski definition) is 2. The number of alkyl halides is 1. The van der Waals surface area contributed by atoms with Crippen molar-refractivity contribution in [1.82, 2.24) is 10.6 Å². The lowest BCUT2D eigenvalue weighted by atomic mass is 10.1. The summed E-state index contributed by atoms with van der Waals surface area (Å²) in [4.78, 5) is 22.8. The molecule has 0 radical (unpaired) electrons. The van der Waals surface area contributed by atoms with E-state index in [1.165, 1.54) is 18.1 Å². The number of rotatable bonds is 2. The van der Waals surface area contributed by atoms with E-state index in [9.17, 15) is 9.59 Å². The Hall–Kier alpha value is -1.55. The molecule has 0 bridgehead atoms. The van der Waals surface area contributed by atoms with Crippen LogP contribution in [0, 0.1) is 0 Å². The van der Waals surface area contributed by atoms with Crippen LogP contribution in [0.2, 0.25) is 0 Å². The predicted octanol–water partition coefficient (Wildman–Crippen LogP) is 1.61. The van der Waals surface area contributed by atoms with Gasteiger partial charge in [0, 0.05) is 6.04 Å². The molecule has 0 spiro atoms. The predicted molar refractivity (Wildman–Crippen MR) is 69.6 cm³/mol. The zero-order valence-electron chi connectivity index (χ0n) is 10.1. The number of imide groups is 1. The molecular formula is C13H15ClN2O2. The first-order valence-corrected chi connectivity index (χ1v) is 6.32. The highest BCUT2D eigenvalue weighted by atomic mass is 35.5. The molecule has 18 heavy (non-hydrogen) atoms. The molecule has 1 atom stereocenters. The Kier molecular flexibility index (Phi) is 3.87. The van der Waals surface area contributed by atoms with Gasteiger partial charge in [-0.3, -0.25) is 10.1 Å². The quantitative estimate of drug-likeness (QED) is 0.799. The van der Waals surface area contributed by atoms with Gasteiger partial charge in [-0.25, -0.2) is 4.79 Å². The number of carbonyl (C=O) groups is 2. The van der Waals surface area contributed by atoms with Gasteiger partial charge in [-0.15, -0.1) is 11.6 Å². The Morgan fingerprint density at radius 2 is 1.83 bits per heavy atom. The van der Waals surface area contributed by atoms with Gasteiger partial charge in [0.1, 0.15) is 5.38 Å². The Morgan fingerprint density at radius 3 is 2.33 bits per heavy atom. The molecule has 4 nitrogen and oxygen atoms in total. The molecule has 3 amide bonds. The maximum atomic E-state index is 11.6. The lowest BCUT2D eigenvalue weighted by Crippen LogP contribution is -2.46. The van der Waals surface area contributed by atoms with Crippen LogP contribution in [-0.2, 0) is 17.6 Å². The minimum Gasteiger partial charge on any atom is -0.334 e. The van der Waals surface area contributed by atoms with Crippen LogP contribution in [0.25, 0.3) is 0 Å². The second-order valence-corrected chi connectivity index (χ2v) is 5.11. The van der Waals surface area contributed by atoms with Gasteiger partial charge in [0.25, 0.3) is 0 Å². The van der Waals surface area contributed by atoms with Crippen LogP contribution in [-0.4, -0.2) is 23.4 Å². The van der Waals surface area contributed by atoms with Crippen molar-refractivity contribution in [3.63, 3.8) is 0 Å². The molecule has 1 aliphatic rings. The molecule has 0 aromatic heterocycles. The summed E-state index contributed by atoms with van der Waals surface area (Å²) in [6.45, 7) is 1.52. The summed E-state index contributed by atoms with van der Waals surface area (Å²) in [6.07, 6.45) is 1.60. The third kappa shape index (κ3) is 3.01. The summed E-state index contributed by atoms with van der Waals surface area (Å²) < 4.78 is 0. The fourth-order valence-corrected chi connectivity index (χ4v) is 2.15. The molecule has 1 aromatic rings. The first-order valence-electron chi connectivity index (χ1n) is 5.88. The van der Waals surface area contributed by atoms with Crippen molar-refractivity contribution in [2.24, 2.45) is 0 Å². The van der Waals surface area contributed by atoms with Crippen molar-refractivity contribution in [3.8, 4) is 0 Å². The molecule has 2 N–H and O–H groups in total. The van der Waals surface area contributed by atoms with Crippen molar-refractivity contribution in [3.05, 3.63) is 35.4 Å². The topological polar surface area (TPSA) is 58.2 Å². The van der Waals surface area contributed by atoms with E-state index in [4.69, 9.17) is 11.6 Å². The van der Waals surface area contributed by atoms with Crippen molar-refractivity contribution in [2.45, 2.75) is 31.2 Å². The van der Waals surface area contributed by atoms with Gasteiger partial charge in [0.05, 0.1) is 0 Å². The maximum absolute atomic E-state index is 11.6. The van der Waals surface area contributed by atoms with Crippen LogP contribution < -0.4 is 10.6 Å².